The van der Waals surface area contributed by atoms with Crippen LogP contribution >= 0.6 is 0 Å². The van der Waals surface area contributed by atoms with Gasteiger partial charge in [-0.05, 0) is 40.0 Å². The van der Waals surface area contributed by atoms with Crippen molar-refractivity contribution in [1.29, 1.82) is 0 Å². The first-order valence-electron chi connectivity index (χ1n) is 7.85. The molecule has 0 bridgehead atoms. The molecule has 114 valence electrons. The second-order valence-corrected chi connectivity index (χ2v) is 6.14. The SMILES string of the molecule is OC1(O)C=Cc2ccccc2C1Cc1cccc2ccccc12. The van der Waals surface area contributed by atoms with Crippen molar-refractivity contribution in [3.05, 3.63) is 89.5 Å². The minimum Gasteiger partial charge on any atom is -0.362 e. The standard InChI is InChI=1S/C21H18O2/c22-21(23)13-12-16-7-2-4-11-19(16)20(21)14-17-9-5-8-15-6-1-3-10-18(15)17/h1-13,20,22-23H,14H2. The summed E-state index contributed by atoms with van der Waals surface area (Å²) in [6.07, 6.45) is 3.86. The molecule has 2 N–H and O–H groups in total. The van der Waals surface area contributed by atoms with E-state index in [0.717, 1.165) is 22.1 Å². The zero-order valence-corrected chi connectivity index (χ0v) is 12.7. The molecule has 2 heteroatoms. The van der Waals surface area contributed by atoms with Crippen molar-refractivity contribution in [1.82, 2.24) is 0 Å². The molecule has 0 amide bonds. The third-order valence-electron chi connectivity index (χ3n) is 4.70. The van der Waals surface area contributed by atoms with Gasteiger partial charge < -0.3 is 10.2 Å². The van der Waals surface area contributed by atoms with Crippen LogP contribution in [0, 0.1) is 0 Å². The maximum absolute atomic E-state index is 10.5. The molecule has 1 unspecified atom stereocenters. The van der Waals surface area contributed by atoms with Crippen molar-refractivity contribution in [3.8, 4) is 0 Å². The highest BCUT2D eigenvalue weighted by atomic mass is 16.5. The van der Waals surface area contributed by atoms with Gasteiger partial charge in [-0.25, -0.2) is 0 Å². The summed E-state index contributed by atoms with van der Waals surface area (Å²) in [5.41, 5.74) is 3.16. The predicted octanol–water partition coefficient (Wildman–Crippen LogP) is 3.87. The molecule has 0 fully saturated rings. The summed E-state index contributed by atoms with van der Waals surface area (Å²) in [6, 6.07) is 22.3. The summed E-state index contributed by atoms with van der Waals surface area (Å²) in [5, 5.41) is 23.3. The highest BCUT2D eigenvalue weighted by Gasteiger charge is 2.37. The van der Waals surface area contributed by atoms with Crippen LogP contribution < -0.4 is 0 Å². The van der Waals surface area contributed by atoms with Crippen LogP contribution in [0.3, 0.4) is 0 Å². The van der Waals surface area contributed by atoms with Crippen molar-refractivity contribution >= 4 is 16.8 Å². The Bertz CT molecular complexity index is 888. The number of hydrogen-bond donors (Lipinski definition) is 2. The quantitative estimate of drug-likeness (QED) is 0.705. The molecule has 1 aliphatic rings. The van der Waals surface area contributed by atoms with Gasteiger partial charge in [-0.15, -0.1) is 0 Å². The molecule has 3 aromatic rings. The van der Waals surface area contributed by atoms with E-state index in [-0.39, 0.29) is 5.92 Å². The topological polar surface area (TPSA) is 40.5 Å². The van der Waals surface area contributed by atoms with Gasteiger partial charge in [-0.2, -0.15) is 0 Å². The zero-order valence-electron chi connectivity index (χ0n) is 12.7. The van der Waals surface area contributed by atoms with Gasteiger partial charge in [0.25, 0.3) is 0 Å². The van der Waals surface area contributed by atoms with Gasteiger partial charge >= 0.3 is 0 Å². The van der Waals surface area contributed by atoms with Gasteiger partial charge in [-0.1, -0.05) is 72.8 Å². The normalized spacial score (nSPS) is 18.8. The van der Waals surface area contributed by atoms with E-state index in [1.807, 2.05) is 42.5 Å². The predicted molar refractivity (Wildman–Crippen MR) is 93.0 cm³/mol. The van der Waals surface area contributed by atoms with E-state index in [1.54, 1.807) is 6.08 Å². The Morgan fingerprint density at radius 3 is 2.48 bits per heavy atom. The molecule has 23 heavy (non-hydrogen) atoms. The lowest BCUT2D eigenvalue weighted by Gasteiger charge is -2.33. The molecular formula is C21H18O2. The van der Waals surface area contributed by atoms with Gasteiger partial charge in [0.1, 0.15) is 0 Å². The van der Waals surface area contributed by atoms with E-state index in [1.165, 1.54) is 11.5 Å². The Morgan fingerprint density at radius 2 is 1.57 bits per heavy atom. The van der Waals surface area contributed by atoms with Gasteiger partial charge in [0.05, 0.1) is 0 Å². The molecular weight excluding hydrogens is 284 g/mol. The number of aliphatic hydroxyl groups is 2. The molecule has 0 saturated heterocycles. The lowest BCUT2D eigenvalue weighted by molar-refractivity contribution is -0.137. The van der Waals surface area contributed by atoms with Crippen LogP contribution in [0.2, 0.25) is 0 Å². The third kappa shape index (κ3) is 2.46. The molecule has 0 aromatic heterocycles. The van der Waals surface area contributed by atoms with Crippen LogP contribution in [0.5, 0.6) is 0 Å². The average molecular weight is 302 g/mol. The van der Waals surface area contributed by atoms with Gasteiger partial charge in [-0.3, -0.25) is 0 Å². The van der Waals surface area contributed by atoms with Crippen LogP contribution in [0.25, 0.3) is 16.8 Å². The summed E-state index contributed by atoms with van der Waals surface area (Å²) >= 11 is 0. The second kappa shape index (κ2) is 5.34. The molecule has 3 aromatic carbocycles. The fraction of sp³-hybridized carbons (Fsp3) is 0.143. The van der Waals surface area contributed by atoms with Gasteiger partial charge in [0.15, 0.2) is 5.79 Å². The smallest absolute Gasteiger partial charge is 0.190 e. The van der Waals surface area contributed by atoms with Gasteiger partial charge in [0, 0.05) is 5.92 Å². The fourth-order valence-corrected chi connectivity index (χ4v) is 3.49. The summed E-state index contributed by atoms with van der Waals surface area (Å²) in [4.78, 5) is 0. The van der Waals surface area contributed by atoms with Gasteiger partial charge in [0.2, 0.25) is 0 Å². The maximum Gasteiger partial charge on any atom is 0.190 e. The minimum absolute atomic E-state index is 0.380. The van der Waals surface area contributed by atoms with Crippen LogP contribution in [0.15, 0.2) is 72.8 Å². The second-order valence-electron chi connectivity index (χ2n) is 6.14. The lowest BCUT2D eigenvalue weighted by atomic mass is 9.78. The maximum atomic E-state index is 10.5. The van der Waals surface area contributed by atoms with Crippen molar-refractivity contribution in [2.45, 2.75) is 18.1 Å². The monoisotopic (exact) mass is 302 g/mol. The Morgan fingerprint density at radius 1 is 0.826 bits per heavy atom. The first-order valence-corrected chi connectivity index (χ1v) is 7.85. The average Bonchev–Trinajstić information content (AvgIpc) is 2.58. The van der Waals surface area contributed by atoms with Crippen molar-refractivity contribution in [2.75, 3.05) is 0 Å². The Kier molecular flexibility index (Phi) is 3.29. The molecule has 2 nitrogen and oxygen atoms in total. The first-order chi connectivity index (χ1) is 11.1. The summed E-state index contributed by atoms with van der Waals surface area (Å²) in [7, 11) is 0. The third-order valence-corrected chi connectivity index (χ3v) is 4.70. The Balaban J connectivity index is 1.82. The van der Waals surface area contributed by atoms with Crippen molar-refractivity contribution in [2.24, 2.45) is 0 Å². The largest absolute Gasteiger partial charge is 0.362 e. The number of rotatable bonds is 2. The van der Waals surface area contributed by atoms with Crippen LogP contribution in [0.1, 0.15) is 22.6 Å². The van der Waals surface area contributed by atoms with Crippen LogP contribution in [0.4, 0.5) is 0 Å². The highest BCUT2D eigenvalue weighted by molar-refractivity contribution is 5.85. The first kappa shape index (κ1) is 14.2. The van der Waals surface area contributed by atoms with E-state index in [9.17, 15) is 10.2 Å². The fourth-order valence-electron chi connectivity index (χ4n) is 3.49. The molecule has 0 saturated carbocycles. The van der Waals surface area contributed by atoms with Crippen molar-refractivity contribution < 1.29 is 10.2 Å². The Hall–Kier alpha value is -2.42. The van der Waals surface area contributed by atoms with Crippen molar-refractivity contribution in [3.63, 3.8) is 0 Å². The van der Waals surface area contributed by atoms with Crippen LogP contribution in [-0.4, -0.2) is 16.0 Å². The molecule has 4 rings (SSSR count). The summed E-state index contributed by atoms with van der Waals surface area (Å²) < 4.78 is 0. The number of fused-ring (bicyclic) bond motifs is 2. The molecule has 0 heterocycles. The molecule has 0 aliphatic heterocycles. The molecule has 1 atom stereocenters. The molecule has 1 aliphatic carbocycles. The van der Waals surface area contributed by atoms with Crippen LogP contribution in [-0.2, 0) is 6.42 Å². The summed E-state index contributed by atoms with van der Waals surface area (Å²) in [5.74, 6) is -2.21. The number of hydrogen-bond acceptors (Lipinski definition) is 2. The van der Waals surface area contributed by atoms with E-state index >= 15 is 0 Å². The van der Waals surface area contributed by atoms with E-state index in [0.29, 0.717) is 6.42 Å². The summed E-state index contributed by atoms with van der Waals surface area (Å²) in [6.45, 7) is 0. The molecule has 0 radical (unpaired) electrons. The highest BCUT2D eigenvalue weighted by Crippen LogP contribution is 2.38. The molecule has 0 spiro atoms. The van der Waals surface area contributed by atoms with E-state index < -0.39 is 5.79 Å². The number of benzene rings is 3. The lowest BCUT2D eigenvalue weighted by Crippen LogP contribution is -2.37. The zero-order chi connectivity index (χ0) is 15.9. The Labute approximate surface area is 135 Å². The van der Waals surface area contributed by atoms with E-state index in [4.69, 9.17) is 0 Å². The minimum atomic E-state index is -1.83. The van der Waals surface area contributed by atoms with E-state index in [2.05, 4.69) is 24.3 Å².